The van der Waals surface area contributed by atoms with Crippen molar-refractivity contribution in [2.45, 2.75) is 19.4 Å². The monoisotopic (exact) mass is 344 g/mol. The number of likely N-dealkylation sites (tertiary alicyclic amines) is 1. The van der Waals surface area contributed by atoms with Crippen LogP contribution in [0.4, 0.5) is 5.13 Å². The number of nitrogens with two attached hydrogens (primary N) is 1. The van der Waals surface area contributed by atoms with Crippen molar-refractivity contribution in [2.24, 2.45) is 5.73 Å². The lowest BCUT2D eigenvalue weighted by Gasteiger charge is -2.15. The number of nitrogens with one attached hydrogen (secondary N) is 1. The molecule has 3 N–H and O–H groups in total. The predicted octanol–water partition coefficient (Wildman–Crippen LogP) is 1.62. The molecule has 1 saturated heterocycles. The Morgan fingerprint density at radius 1 is 1.29 bits per heavy atom. The van der Waals surface area contributed by atoms with Crippen molar-refractivity contribution < 1.29 is 14.4 Å². The van der Waals surface area contributed by atoms with Crippen LogP contribution in [0.15, 0.2) is 30.5 Å². The van der Waals surface area contributed by atoms with Crippen LogP contribution < -0.4 is 11.1 Å². The van der Waals surface area contributed by atoms with Crippen LogP contribution >= 0.6 is 11.3 Å². The number of carbonyl (C=O) groups excluding carboxylic acids is 3. The van der Waals surface area contributed by atoms with Crippen molar-refractivity contribution in [1.82, 2.24) is 9.88 Å². The van der Waals surface area contributed by atoms with E-state index in [2.05, 4.69) is 10.3 Å². The number of anilines is 1. The molecule has 124 valence electrons. The molecule has 1 aliphatic rings. The van der Waals surface area contributed by atoms with Gasteiger partial charge in [-0.25, -0.2) is 4.98 Å². The molecule has 0 aliphatic carbocycles. The average molecular weight is 344 g/mol. The third-order valence-corrected chi connectivity index (χ3v) is 4.66. The summed E-state index contributed by atoms with van der Waals surface area (Å²) in [6, 6.07) is 7.07. The van der Waals surface area contributed by atoms with Crippen LogP contribution in [-0.4, -0.2) is 34.2 Å². The van der Waals surface area contributed by atoms with Crippen LogP contribution in [-0.2, 0) is 11.3 Å². The summed E-state index contributed by atoms with van der Waals surface area (Å²) in [4.78, 5) is 40.9. The van der Waals surface area contributed by atoms with Gasteiger partial charge in [-0.2, -0.15) is 0 Å². The van der Waals surface area contributed by atoms with E-state index in [-0.39, 0.29) is 16.7 Å². The smallest absolute Gasteiger partial charge is 0.260 e. The summed E-state index contributed by atoms with van der Waals surface area (Å²) in [5.41, 5.74) is 6.61. The Balaban J connectivity index is 1.62. The van der Waals surface area contributed by atoms with E-state index >= 15 is 0 Å². The third-order valence-electron chi connectivity index (χ3n) is 3.73. The zero-order valence-electron chi connectivity index (χ0n) is 12.8. The number of aromatic nitrogens is 1. The first-order chi connectivity index (χ1) is 11.5. The van der Waals surface area contributed by atoms with Gasteiger partial charge in [-0.3, -0.25) is 19.7 Å². The SMILES string of the molecule is NC(=O)c1cnc(NC(=O)c2ccc(CN3CCCC3=O)cc2)s1. The molecule has 8 heteroatoms. The molecular weight excluding hydrogens is 328 g/mol. The Labute approximate surface area is 142 Å². The Kier molecular flexibility index (Phi) is 4.57. The van der Waals surface area contributed by atoms with Crippen molar-refractivity contribution in [3.05, 3.63) is 46.5 Å². The summed E-state index contributed by atoms with van der Waals surface area (Å²) in [5, 5.41) is 2.95. The van der Waals surface area contributed by atoms with E-state index in [9.17, 15) is 14.4 Å². The number of benzene rings is 1. The summed E-state index contributed by atoms with van der Waals surface area (Å²) in [5.74, 6) is -0.719. The van der Waals surface area contributed by atoms with E-state index in [4.69, 9.17) is 5.73 Å². The molecule has 1 aliphatic heterocycles. The van der Waals surface area contributed by atoms with Crippen LogP contribution in [0.5, 0.6) is 0 Å². The topological polar surface area (TPSA) is 105 Å². The maximum Gasteiger partial charge on any atom is 0.260 e. The quantitative estimate of drug-likeness (QED) is 0.859. The first-order valence-corrected chi connectivity index (χ1v) is 8.28. The van der Waals surface area contributed by atoms with Crippen molar-refractivity contribution in [1.29, 1.82) is 0 Å². The minimum atomic E-state index is -0.575. The molecule has 0 spiro atoms. The summed E-state index contributed by atoms with van der Waals surface area (Å²) in [6.07, 6.45) is 2.85. The van der Waals surface area contributed by atoms with Gasteiger partial charge in [0.2, 0.25) is 5.91 Å². The highest BCUT2D eigenvalue weighted by molar-refractivity contribution is 7.17. The maximum absolute atomic E-state index is 12.2. The summed E-state index contributed by atoms with van der Waals surface area (Å²) < 4.78 is 0. The van der Waals surface area contributed by atoms with Gasteiger partial charge in [-0.1, -0.05) is 23.5 Å². The first-order valence-electron chi connectivity index (χ1n) is 7.46. The molecule has 1 aromatic heterocycles. The zero-order valence-corrected chi connectivity index (χ0v) is 13.6. The Morgan fingerprint density at radius 3 is 2.62 bits per heavy atom. The van der Waals surface area contributed by atoms with Gasteiger partial charge in [-0.15, -0.1) is 0 Å². The number of amides is 3. The van der Waals surface area contributed by atoms with Gasteiger partial charge in [-0.05, 0) is 24.1 Å². The normalized spacial score (nSPS) is 14.0. The summed E-state index contributed by atoms with van der Waals surface area (Å²) >= 11 is 1.03. The highest BCUT2D eigenvalue weighted by Gasteiger charge is 2.20. The predicted molar refractivity (Wildman–Crippen MR) is 89.7 cm³/mol. The number of primary amides is 1. The molecule has 0 atom stereocenters. The number of rotatable bonds is 5. The van der Waals surface area contributed by atoms with Gasteiger partial charge in [0.25, 0.3) is 11.8 Å². The fourth-order valence-electron chi connectivity index (χ4n) is 2.47. The van der Waals surface area contributed by atoms with E-state index in [0.717, 1.165) is 29.9 Å². The highest BCUT2D eigenvalue weighted by atomic mass is 32.1. The lowest BCUT2D eigenvalue weighted by atomic mass is 10.1. The van der Waals surface area contributed by atoms with Crippen molar-refractivity contribution >= 4 is 34.2 Å². The van der Waals surface area contributed by atoms with E-state index in [1.54, 1.807) is 12.1 Å². The molecular formula is C16H16N4O3S. The molecule has 24 heavy (non-hydrogen) atoms. The summed E-state index contributed by atoms with van der Waals surface area (Å²) in [6.45, 7) is 1.35. The van der Waals surface area contributed by atoms with Crippen molar-refractivity contribution in [2.75, 3.05) is 11.9 Å². The number of nitrogens with zero attached hydrogens (tertiary/aromatic N) is 2. The Morgan fingerprint density at radius 2 is 2.04 bits per heavy atom. The van der Waals surface area contributed by atoms with Crippen molar-refractivity contribution in [3.8, 4) is 0 Å². The molecule has 0 bridgehead atoms. The van der Waals surface area contributed by atoms with Gasteiger partial charge in [0, 0.05) is 25.1 Å². The summed E-state index contributed by atoms with van der Waals surface area (Å²) in [7, 11) is 0. The third kappa shape index (κ3) is 3.60. The standard InChI is InChI=1S/C16H16N4O3S/c17-14(22)12-8-18-16(24-12)19-15(23)11-5-3-10(4-6-11)9-20-7-1-2-13(20)21/h3-6,8H,1-2,7,9H2,(H2,17,22)(H,18,19,23). The van der Waals surface area contributed by atoms with Gasteiger partial charge >= 0.3 is 0 Å². The second-order valence-electron chi connectivity index (χ2n) is 5.46. The van der Waals surface area contributed by atoms with Gasteiger partial charge < -0.3 is 10.6 Å². The number of thiazole rings is 1. The molecule has 2 heterocycles. The van der Waals surface area contributed by atoms with Gasteiger partial charge in [0.1, 0.15) is 4.88 Å². The average Bonchev–Trinajstić information content (AvgIpc) is 3.18. The highest BCUT2D eigenvalue weighted by Crippen LogP contribution is 2.19. The largest absolute Gasteiger partial charge is 0.365 e. The van der Waals surface area contributed by atoms with Crippen LogP contribution in [0.2, 0.25) is 0 Å². The lowest BCUT2D eigenvalue weighted by Crippen LogP contribution is -2.23. The second kappa shape index (κ2) is 6.79. The molecule has 0 saturated carbocycles. The van der Waals surface area contributed by atoms with E-state index in [0.29, 0.717) is 23.7 Å². The molecule has 1 fully saturated rings. The van der Waals surface area contributed by atoms with E-state index < -0.39 is 5.91 Å². The fraction of sp³-hybridized carbons (Fsp3) is 0.250. The lowest BCUT2D eigenvalue weighted by molar-refractivity contribution is -0.128. The number of carbonyl (C=O) groups is 3. The van der Waals surface area contributed by atoms with Gasteiger partial charge in [0.05, 0.1) is 6.20 Å². The number of hydrogen-bond donors (Lipinski definition) is 2. The first kappa shape index (κ1) is 16.1. The zero-order chi connectivity index (χ0) is 17.1. The molecule has 3 amide bonds. The van der Waals surface area contributed by atoms with E-state index in [1.165, 1.54) is 6.20 Å². The van der Waals surface area contributed by atoms with Gasteiger partial charge in [0.15, 0.2) is 5.13 Å². The molecule has 1 aromatic carbocycles. The molecule has 7 nitrogen and oxygen atoms in total. The second-order valence-corrected chi connectivity index (χ2v) is 6.49. The van der Waals surface area contributed by atoms with E-state index in [1.807, 2.05) is 17.0 Å². The minimum Gasteiger partial charge on any atom is -0.365 e. The van der Waals surface area contributed by atoms with Crippen LogP contribution in [0.25, 0.3) is 0 Å². The van der Waals surface area contributed by atoms with Crippen LogP contribution in [0.3, 0.4) is 0 Å². The fourth-order valence-corrected chi connectivity index (χ4v) is 3.13. The molecule has 3 rings (SSSR count). The van der Waals surface area contributed by atoms with Crippen molar-refractivity contribution in [3.63, 3.8) is 0 Å². The molecule has 0 radical (unpaired) electrons. The number of hydrogen-bond acceptors (Lipinski definition) is 5. The molecule has 0 unspecified atom stereocenters. The Bertz CT molecular complexity index is 785. The maximum atomic E-state index is 12.2. The molecule has 2 aromatic rings. The van der Waals surface area contributed by atoms with Crippen LogP contribution in [0.1, 0.15) is 38.4 Å². The Hall–Kier alpha value is -2.74. The minimum absolute atomic E-state index is 0.172. The van der Waals surface area contributed by atoms with Crippen LogP contribution in [0, 0.1) is 0 Å².